The van der Waals surface area contributed by atoms with Crippen molar-refractivity contribution in [2.75, 3.05) is 0 Å². The van der Waals surface area contributed by atoms with Crippen LogP contribution in [0.1, 0.15) is 47.3 Å². The first kappa shape index (κ1) is 16.0. The summed E-state index contributed by atoms with van der Waals surface area (Å²) in [7, 11) is 1.67. The van der Waals surface area contributed by atoms with Gasteiger partial charge in [0.05, 0.1) is 6.54 Å². The molecule has 0 bridgehead atoms. The Morgan fingerprint density at radius 1 is 1.36 bits per heavy atom. The van der Waals surface area contributed by atoms with Gasteiger partial charge < -0.3 is 14.5 Å². The molecule has 0 radical (unpaired) electrons. The van der Waals surface area contributed by atoms with Gasteiger partial charge in [-0.25, -0.2) is 4.98 Å². The average Bonchev–Trinajstić information content (AvgIpc) is 2.95. The maximum absolute atomic E-state index is 12.3. The molecule has 0 atom stereocenters. The number of hydrogen-bond donors (Lipinski definition) is 1. The van der Waals surface area contributed by atoms with Gasteiger partial charge in [0, 0.05) is 31.2 Å². The van der Waals surface area contributed by atoms with Crippen LogP contribution >= 0.6 is 0 Å². The van der Waals surface area contributed by atoms with E-state index in [1.807, 2.05) is 38.5 Å². The molecule has 0 aliphatic carbocycles. The molecular weight excluding hydrogens is 280 g/mol. The summed E-state index contributed by atoms with van der Waals surface area (Å²) < 4.78 is 3.48. The molecule has 0 unspecified atom stereocenters. The molecular formula is C16H22N4O2. The van der Waals surface area contributed by atoms with Crippen molar-refractivity contribution < 1.29 is 4.79 Å². The maximum Gasteiger partial charge on any atom is 0.263 e. The van der Waals surface area contributed by atoms with Gasteiger partial charge in [0.15, 0.2) is 0 Å². The zero-order chi connectivity index (χ0) is 16.4. The molecule has 2 aromatic rings. The first-order chi connectivity index (χ1) is 10.3. The van der Waals surface area contributed by atoms with Crippen molar-refractivity contribution in [2.45, 2.75) is 40.3 Å². The predicted octanol–water partition coefficient (Wildman–Crippen LogP) is 1.71. The predicted molar refractivity (Wildman–Crippen MR) is 84.9 cm³/mol. The van der Waals surface area contributed by atoms with Crippen LogP contribution < -0.4 is 10.9 Å². The minimum Gasteiger partial charge on any atom is -0.345 e. The summed E-state index contributed by atoms with van der Waals surface area (Å²) in [6, 6.07) is 1.91. The molecule has 0 spiro atoms. The Balaban J connectivity index is 2.20. The number of nitrogens with one attached hydrogen (secondary N) is 1. The fourth-order valence-electron chi connectivity index (χ4n) is 2.35. The third-order valence-corrected chi connectivity index (χ3v) is 3.93. The van der Waals surface area contributed by atoms with Gasteiger partial charge in [-0.1, -0.05) is 0 Å². The molecule has 0 saturated carbocycles. The normalized spacial score (nSPS) is 11.0. The Labute approximate surface area is 129 Å². The summed E-state index contributed by atoms with van der Waals surface area (Å²) in [6.45, 7) is 8.13. The van der Waals surface area contributed by atoms with Crippen molar-refractivity contribution in [3.05, 3.63) is 51.5 Å². The molecule has 1 amide bonds. The standard InChI is InChI=1S/C16H22N4O2/c1-10(2)20-7-6-17-14(20)9-18-15(21)13-8-11(3)12(4)19(5)16(13)22/h6-8,10H,9H2,1-5H3,(H,18,21). The first-order valence-corrected chi connectivity index (χ1v) is 7.30. The molecule has 118 valence electrons. The van der Waals surface area contributed by atoms with Gasteiger partial charge >= 0.3 is 0 Å². The monoisotopic (exact) mass is 302 g/mol. The summed E-state index contributed by atoms with van der Waals surface area (Å²) in [5.41, 5.74) is 1.65. The Morgan fingerprint density at radius 2 is 2.05 bits per heavy atom. The lowest BCUT2D eigenvalue weighted by Crippen LogP contribution is -2.33. The minimum atomic E-state index is -0.373. The van der Waals surface area contributed by atoms with E-state index in [1.165, 1.54) is 4.57 Å². The van der Waals surface area contributed by atoms with Crippen molar-refractivity contribution in [3.8, 4) is 0 Å². The van der Waals surface area contributed by atoms with Crippen molar-refractivity contribution in [3.63, 3.8) is 0 Å². The van der Waals surface area contributed by atoms with Crippen molar-refractivity contribution >= 4 is 5.91 Å². The summed E-state index contributed by atoms with van der Waals surface area (Å²) in [5.74, 6) is 0.394. The second-order valence-corrected chi connectivity index (χ2v) is 5.72. The zero-order valence-corrected chi connectivity index (χ0v) is 13.7. The number of pyridine rings is 1. The number of nitrogens with zero attached hydrogens (tertiary/aromatic N) is 3. The Bertz CT molecular complexity index is 756. The van der Waals surface area contributed by atoms with Gasteiger partial charge in [0.25, 0.3) is 11.5 Å². The van der Waals surface area contributed by atoms with Crippen LogP contribution in [0.15, 0.2) is 23.3 Å². The number of imidazole rings is 1. The lowest BCUT2D eigenvalue weighted by Gasteiger charge is -2.13. The molecule has 0 saturated heterocycles. The van der Waals surface area contributed by atoms with Crippen LogP contribution in [-0.2, 0) is 13.6 Å². The summed E-state index contributed by atoms with van der Waals surface area (Å²) >= 11 is 0. The van der Waals surface area contributed by atoms with Crippen LogP contribution in [0.25, 0.3) is 0 Å². The van der Waals surface area contributed by atoms with E-state index in [1.54, 1.807) is 19.3 Å². The second-order valence-electron chi connectivity index (χ2n) is 5.72. The number of carbonyl (C=O) groups excluding carboxylic acids is 1. The molecule has 0 aromatic carbocycles. The quantitative estimate of drug-likeness (QED) is 0.935. The zero-order valence-electron chi connectivity index (χ0n) is 13.7. The van der Waals surface area contributed by atoms with Crippen LogP contribution in [0.4, 0.5) is 0 Å². The van der Waals surface area contributed by atoms with E-state index in [9.17, 15) is 9.59 Å². The van der Waals surface area contributed by atoms with E-state index in [2.05, 4.69) is 10.3 Å². The molecule has 1 N–H and O–H groups in total. The highest BCUT2D eigenvalue weighted by atomic mass is 16.2. The highest BCUT2D eigenvalue weighted by molar-refractivity contribution is 5.94. The highest BCUT2D eigenvalue weighted by Gasteiger charge is 2.15. The molecule has 0 aliphatic rings. The largest absolute Gasteiger partial charge is 0.345 e. The molecule has 2 aromatic heterocycles. The minimum absolute atomic E-state index is 0.160. The molecule has 0 aliphatic heterocycles. The molecule has 2 rings (SSSR count). The van der Waals surface area contributed by atoms with Crippen molar-refractivity contribution in [2.24, 2.45) is 7.05 Å². The number of aromatic nitrogens is 3. The van der Waals surface area contributed by atoms with E-state index in [4.69, 9.17) is 0 Å². The molecule has 6 nitrogen and oxygen atoms in total. The third kappa shape index (κ3) is 2.95. The fourth-order valence-corrected chi connectivity index (χ4v) is 2.35. The van der Waals surface area contributed by atoms with Crippen molar-refractivity contribution in [1.82, 2.24) is 19.4 Å². The second kappa shape index (κ2) is 6.17. The van der Waals surface area contributed by atoms with Gasteiger partial charge in [-0.3, -0.25) is 9.59 Å². The summed E-state index contributed by atoms with van der Waals surface area (Å²) in [6.07, 6.45) is 3.58. The fraction of sp³-hybridized carbons (Fsp3) is 0.438. The van der Waals surface area contributed by atoms with E-state index in [-0.39, 0.29) is 23.1 Å². The average molecular weight is 302 g/mol. The van der Waals surface area contributed by atoms with Crippen LogP contribution in [0.2, 0.25) is 0 Å². The molecule has 2 heterocycles. The molecule has 0 fully saturated rings. The van der Waals surface area contributed by atoms with Crippen molar-refractivity contribution in [1.29, 1.82) is 0 Å². The smallest absolute Gasteiger partial charge is 0.263 e. The molecule has 6 heteroatoms. The summed E-state index contributed by atoms with van der Waals surface area (Å²) in [4.78, 5) is 28.7. The Hall–Kier alpha value is -2.37. The van der Waals surface area contributed by atoms with E-state index in [0.717, 1.165) is 17.1 Å². The van der Waals surface area contributed by atoms with Crippen LogP contribution in [0.5, 0.6) is 0 Å². The number of carbonyl (C=O) groups is 1. The van der Waals surface area contributed by atoms with Gasteiger partial charge in [0.1, 0.15) is 11.4 Å². The van der Waals surface area contributed by atoms with Gasteiger partial charge in [-0.2, -0.15) is 0 Å². The van der Waals surface area contributed by atoms with Gasteiger partial charge in [0.2, 0.25) is 0 Å². The Morgan fingerprint density at radius 3 is 2.68 bits per heavy atom. The number of hydrogen-bond acceptors (Lipinski definition) is 3. The lowest BCUT2D eigenvalue weighted by molar-refractivity contribution is 0.0947. The number of amides is 1. The van der Waals surface area contributed by atoms with Crippen LogP contribution in [0.3, 0.4) is 0 Å². The van der Waals surface area contributed by atoms with Gasteiger partial charge in [-0.15, -0.1) is 0 Å². The Kier molecular flexibility index (Phi) is 4.49. The SMILES string of the molecule is Cc1cc(C(=O)NCc2nccn2C(C)C)c(=O)n(C)c1C. The number of aryl methyl sites for hydroxylation is 1. The highest BCUT2D eigenvalue weighted by Crippen LogP contribution is 2.08. The van der Waals surface area contributed by atoms with E-state index < -0.39 is 0 Å². The maximum atomic E-state index is 12.3. The summed E-state index contributed by atoms with van der Waals surface area (Å²) in [5, 5.41) is 2.78. The third-order valence-electron chi connectivity index (χ3n) is 3.93. The van der Waals surface area contributed by atoms with Crippen LogP contribution in [0, 0.1) is 13.8 Å². The number of rotatable bonds is 4. The molecule has 22 heavy (non-hydrogen) atoms. The van der Waals surface area contributed by atoms with E-state index >= 15 is 0 Å². The van der Waals surface area contributed by atoms with Crippen LogP contribution in [-0.4, -0.2) is 20.0 Å². The van der Waals surface area contributed by atoms with E-state index in [0.29, 0.717) is 6.54 Å². The first-order valence-electron chi connectivity index (χ1n) is 7.30. The lowest BCUT2D eigenvalue weighted by atomic mass is 10.1. The topological polar surface area (TPSA) is 68.9 Å². The van der Waals surface area contributed by atoms with Gasteiger partial charge in [-0.05, 0) is 39.3 Å².